The molecule has 0 aliphatic rings. The van der Waals surface area contributed by atoms with Crippen LogP contribution >= 0.6 is 0 Å². The Hall–Kier alpha value is -3.02. The van der Waals surface area contributed by atoms with Crippen molar-refractivity contribution in [1.29, 1.82) is 0 Å². The molecule has 2 aromatic carbocycles. The molecule has 0 bridgehead atoms. The summed E-state index contributed by atoms with van der Waals surface area (Å²) in [6.07, 6.45) is 0. The maximum Gasteiger partial charge on any atom is 0.284 e. The number of aromatic nitrogens is 1. The Bertz CT molecular complexity index is 870. The number of nitro benzene ring substituents is 1. The molecule has 98 valence electrons. The van der Waals surface area contributed by atoms with Crippen LogP contribution in [0.25, 0.3) is 22.4 Å². The second-order valence-corrected chi connectivity index (χ2v) is 4.13. The van der Waals surface area contributed by atoms with E-state index in [1.807, 2.05) is 0 Å². The maximum atomic E-state index is 11.9. The Labute approximate surface area is 112 Å². The van der Waals surface area contributed by atoms with Gasteiger partial charge in [0.25, 0.3) is 11.2 Å². The molecule has 0 aliphatic heterocycles. The van der Waals surface area contributed by atoms with Gasteiger partial charge in [-0.3, -0.25) is 14.9 Å². The van der Waals surface area contributed by atoms with Gasteiger partial charge in [-0.05, 0) is 18.2 Å². The highest BCUT2D eigenvalue weighted by molar-refractivity contribution is 5.76. The number of fused-ring (bicyclic) bond motifs is 1. The molecule has 0 saturated heterocycles. The zero-order chi connectivity index (χ0) is 14.1. The molecular weight excluding hydrogens is 260 g/mol. The lowest BCUT2D eigenvalue weighted by atomic mass is 10.2. The van der Waals surface area contributed by atoms with E-state index in [0.717, 1.165) is 0 Å². The zero-order valence-electron chi connectivity index (χ0n) is 10.1. The predicted molar refractivity (Wildman–Crippen MR) is 72.4 cm³/mol. The van der Waals surface area contributed by atoms with E-state index in [-0.39, 0.29) is 11.6 Å². The maximum absolute atomic E-state index is 11.9. The number of nitro groups is 1. The average Bonchev–Trinajstić information content (AvgIpc) is 2.47. The van der Waals surface area contributed by atoms with Crippen LogP contribution < -0.4 is 5.56 Å². The van der Waals surface area contributed by atoms with Gasteiger partial charge in [0, 0.05) is 17.7 Å². The van der Waals surface area contributed by atoms with E-state index in [4.69, 9.17) is 4.42 Å². The minimum atomic E-state index is -0.511. The van der Waals surface area contributed by atoms with Gasteiger partial charge in [-0.25, -0.2) is 0 Å². The van der Waals surface area contributed by atoms with Gasteiger partial charge in [-0.2, -0.15) is 4.98 Å². The predicted octanol–water partition coefficient (Wildman–Crippen LogP) is 2.76. The summed E-state index contributed by atoms with van der Waals surface area (Å²) in [4.78, 5) is 26.0. The molecular formula is C14H8N2O4. The largest absolute Gasteiger partial charge is 0.437 e. The lowest BCUT2D eigenvalue weighted by molar-refractivity contribution is -0.384. The Morgan fingerprint density at radius 3 is 2.70 bits per heavy atom. The van der Waals surface area contributed by atoms with Crippen LogP contribution in [0.1, 0.15) is 0 Å². The summed E-state index contributed by atoms with van der Waals surface area (Å²) in [6.45, 7) is 0. The molecule has 3 rings (SSSR count). The summed E-state index contributed by atoms with van der Waals surface area (Å²) in [6, 6.07) is 12.5. The molecule has 0 radical (unpaired) electrons. The van der Waals surface area contributed by atoms with Crippen LogP contribution in [0.5, 0.6) is 0 Å². The lowest BCUT2D eigenvalue weighted by Gasteiger charge is -2.01. The topological polar surface area (TPSA) is 86.2 Å². The third-order valence-corrected chi connectivity index (χ3v) is 2.83. The molecule has 3 aromatic rings. The number of non-ortho nitro benzene ring substituents is 1. The van der Waals surface area contributed by atoms with Crippen LogP contribution in [0.4, 0.5) is 5.69 Å². The average molecular weight is 268 g/mol. The molecule has 0 fully saturated rings. The Morgan fingerprint density at radius 2 is 1.90 bits per heavy atom. The molecule has 0 aliphatic carbocycles. The third kappa shape index (κ3) is 2.03. The number of nitrogens with zero attached hydrogens (tertiary/aromatic N) is 2. The summed E-state index contributed by atoms with van der Waals surface area (Å²) in [5.41, 5.74) is 0.282. The van der Waals surface area contributed by atoms with Crippen molar-refractivity contribution >= 4 is 16.7 Å². The minimum absolute atomic E-state index is 0.0670. The van der Waals surface area contributed by atoms with Crippen molar-refractivity contribution in [3.05, 3.63) is 69.0 Å². The van der Waals surface area contributed by atoms with Crippen molar-refractivity contribution < 1.29 is 9.34 Å². The van der Waals surface area contributed by atoms with E-state index >= 15 is 0 Å². The minimum Gasteiger partial charge on any atom is -0.437 e. The number of para-hydroxylation sites is 1. The van der Waals surface area contributed by atoms with E-state index in [9.17, 15) is 14.9 Å². The molecule has 1 aromatic heterocycles. The monoisotopic (exact) mass is 268 g/mol. The van der Waals surface area contributed by atoms with Gasteiger partial charge in [-0.1, -0.05) is 18.2 Å². The van der Waals surface area contributed by atoms with E-state index in [2.05, 4.69) is 4.98 Å². The quantitative estimate of drug-likeness (QED) is 0.527. The molecule has 6 nitrogen and oxygen atoms in total. The van der Waals surface area contributed by atoms with Gasteiger partial charge in [0.05, 0.1) is 10.3 Å². The molecule has 20 heavy (non-hydrogen) atoms. The van der Waals surface area contributed by atoms with E-state index in [0.29, 0.717) is 16.5 Å². The Balaban J connectivity index is 2.22. The van der Waals surface area contributed by atoms with Crippen LogP contribution in [-0.4, -0.2) is 9.91 Å². The SMILES string of the molecule is O=c1nc(-c2cccc([N+](=O)[O-])c2)oc2ccccc12. The van der Waals surface area contributed by atoms with E-state index in [1.54, 1.807) is 30.3 Å². The van der Waals surface area contributed by atoms with Crippen molar-refractivity contribution in [2.75, 3.05) is 0 Å². The van der Waals surface area contributed by atoms with E-state index in [1.165, 1.54) is 18.2 Å². The van der Waals surface area contributed by atoms with Gasteiger partial charge in [0.1, 0.15) is 5.58 Å². The zero-order valence-corrected chi connectivity index (χ0v) is 10.1. The molecule has 0 spiro atoms. The van der Waals surface area contributed by atoms with Crippen LogP contribution in [0.2, 0.25) is 0 Å². The molecule has 0 atom stereocenters. The highest BCUT2D eigenvalue weighted by atomic mass is 16.6. The number of benzene rings is 2. The van der Waals surface area contributed by atoms with Gasteiger partial charge in [-0.15, -0.1) is 0 Å². The molecule has 1 heterocycles. The highest BCUT2D eigenvalue weighted by Gasteiger charge is 2.12. The van der Waals surface area contributed by atoms with Crippen LogP contribution in [0, 0.1) is 10.1 Å². The Kier molecular flexibility index (Phi) is 2.76. The first-order chi connectivity index (χ1) is 9.65. The van der Waals surface area contributed by atoms with E-state index < -0.39 is 10.5 Å². The second-order valence-electron chi connectivity index (χ2n) is 4.13. The normalized spacial score (nSPS) is 10.6. The number of hydrogen-bond acceptors (Lipinski definition) is 5. The smallest absolute Gasteiger partial charge is 0.284 e. The van der Waals surface area contributed by atoms with Crippen molar-refractivity contribution in [2.24, 2.45) is 0 Å². The van der Waals surface area contributed by atoms with Gasteiger partial charge in [0.2, 0.25) is 5.89 Å². The first-order valence-corrected chi connectivity index (χ1v) is 5.80. The molecule has 0 unspecified atom stereocenters. The fraction of sp³-hybridized carbons (Fsp3) is 0. The fourth-order valence-electron chi connectivity index (χ4n) is 1.89. The van der Waals surface area contributed by atoms with Crippen LogP contribution in [0.15, 0.2) is 57.7 Å². The lowest BCUT2D eigenvalue weighted by Crippen LogP contribution is -2.07. The summed E-state index contributed by atoms with van der Waals surface area (Å²) in [7, 11) is 0. The molecule has 0 N–H and O–H groups in total. The van der Waals surface area contributed by atoms with Crippen LogP contribution in [0.3, 0.4) is 0 Å². The van der Waals surface area contributed by atoms with Crippen molar-refractivity contribution in [2.45, 2.75) is 0 Å². The van der Waals surface area contributed by atoms with Gasteiger partial charge < -0.3 is 4.42 Å². The molecule has 0 amide bonds. The van der Waals surface area contributed by atoms with Crippen LogP contribution in [-0.2, 0) is 0 Å². The summed E-state index contributed by atoms with van der Waals surface area (Å²) in [5.74, 6) is 0.0670. The fourth-order valence-corrected chi connectivity index (χ4v) is 1.89. The Morgan fingerprint density at radius 1 is 1.10 bits per heavy atom. The number of hydrogen-bond donors (Lipinski definition) is 0. The summed E-state index contributed by atoms with van der Waals surface area (Å²) in [5, 5.41) is 11.1. The number of rotatable bonds is 2. The summed E-state index contributed by atoms with van der Waals surface area (Å²) >= 11 is 0. The standard InChI is InChI=1S/C14H8N2O4/c17-13-11-6-1-2-7-12(11)20-14(15-13)9-4-3-5-10(8-9)16(18)19/h1-8H. The van der Waals surface area contributed by atoms with Gasteiger partial charge in [0.15, 0.2) is 0 Å². The third-order valence-electron chi connectivity index (χ3n) is 2.83. The first-order valence-electron chi connectivity index (χ1n) is 5.80. The van der Waals surface area contributed by atoms with Crippen molar-refractivity contribution in [3.8, 4) is 11.5 Å². The molecule has 0 saturated carbocycles. The molecule has 6 heteroatoms. The first kappa shape index (κ1) is 12.0. The summed E-state index contributed by atoms with van der Waals surface area (Å²) < 4.78 is 5.53. The van der Waals surface area contributed by atoms with Gasteiger partial charge >= 0.3 is 0 Å². The van der Waals surface area contributed by atoms with Crippen molar-refractivity contribution in [1.82, 2.24) is 4.98 Å². The van der Waals surface area contributed by atoms with Crippen molar-refractivity contribution in [3.63, 3.8) is 0 Å². The second kappa shape index (κ2) is 4.58. The highest BCUT2D eigenvalue weighted by Crippen LogP contribution is 2.23.